The van der Waals surface area contributed by atoms with E-state index in [2.05, 4.69) is 16.9 Å². The summed E-state index contributed by atoms with van der Waals surface area (Å²) in [5, 5.41) is 0. The summed E-state index contributed by atoms with van der Waals surface area (Å²) < 4.78 is 4.62. The number of rotatable bonds is 6. The van der Waals surface area contributed by atoms with Crippen LogP contribution < -0.4 is 0 Å². The zero-order valence-electron chi connectivity index (χ0n) is 10.5. The average molecular weight is 236 g/mol. The molecule has 0 amide bonds. The Morgan fingerprint density at radius 3 is 2.53 bits per heavy atom. The van der Waals surface area contributed by atoms with Gasteiger partial charge in [-0.1, -0.05) is 24.3 Å². The maximum Gasteiger partial charge on any atom is 0.317 e. The molecule has 0 aromatic heterocycles. The lowest BCUT2D eigenvalue weighted by molar-refractivity contribution is -0.153. The van der Waals surface area contributed by atoms with Gasteiger partial charge in [0.05, 0.1) is 12.3 Å². The molecule has 1 fully saturated rings. The fourth-order valence-corrected chi connectivity index (χ4v) is 2.12. The number of cyclic esters (lactones) is 2. The number of allylic oxidation sites excluding steroid dienone is 4. The summed E-state index contributed by atoms with van der Waals surface area (Å²) in [6.45, 7) is 3.94. The van der Waals surface area contributed by atoms with Gasteiger partial charge in [-0.05, 0) is 39.0 Å². The quantitative estimate of drug-likeness (QED) is 0.404. The monoisotopic (exact) mass is 236 g/mol. The first-order valence-electron chi connectivity index (χ1n) is 6.15. The number of carbonyl (C=O) groups excluding carboxylic acids is 2. The Labute approximate surface area is 103 Å². The second-order valence-electron chi connectivity index (χ2n) is 4.31. The van der Waals surface area contributed by atoms with Gasteiger partial charge >= 0.3 is 11.9 Å². The molecule has 1 aliphatic rings. The van der Waals surface area contributed by atoms with Crippen LogP contribution in [0.5, 0.6) is 0 Å². The third-order valence-electron chi connectivity index (χ3n) is 3.09. The molecule has 2 atom stereocenters. The van der Waals surface area contributed by atoms with E-state index in [1.807, 2.05) is 26.0 Å². The summed E-state index contributed by atoms with van der Waals surface area (Å²) in [5.41, 5.74) is 0. The van der Waals surface area contributed by atoms with Crippen LogP contribution in [0.15, 0.2) is 24.3 Å². The van der Waals surface area contributed by atoms with Crippen LogP contribution in [0.25, 0.3) is 0 Å². The minimum absolute atomic E-state index is 0.210. The second-order valence-corrected chi connectivity index (χ2v) is 4.31. The van der Waals surface area contributed by atoms with E-state index in [4.69, 9.17) is 0 Å². The molecule has 1 rings (SSSR count). The number of hydrogen-bond donors (Lipinski definition) is 0. The van der Waals surface area contributed by atoms with Crippen molar-refractivity contribution in [2.24, 2.45) is 11.8 Å². The largest absolute Gasteiger partial charge is 0.393 e. The fourth-order valence-electron chi connectivity index (χ4n) is 2.12. The van der Waals surface area contributed by atoms with Crippen molar-refractivity contribution in [2.45, 2.75) is 39.5 Å². The van der Waals surface area contributed by atoms with E-state index < -0.39 is 0 Å². The highest BCUT2D eigenvalue weighted by molar-refractivity contribution is 5.94. The molecular weight excluding hydrogens is 216 g/mol. The Morgan fingerprint density at radius 2 is 2.00 bits per heavy atom. The first-order valence-corrected chi connectivity index (χ1v) is 6.15. The van der Waals surface area contributed by atoms with E-state index in [-0.39, 0.29) is 30.2 Å². The Kier molecular flexibility index (Phi) is 5.67. The van der Waals surface area contributed by atoms with Crippen LogP contribution in [-0.4, -0.2) is 11.9 Å². The Hall–Kier alpha value is -1.38. The molecule has 0 bridgehead atoms. The molecule has 0 aliphatic carbocycles. The molecule has 3 heteroatoms. The van der Waals surface area contributed by atoms with Crippen molar-refractivity contribution >= 4 is 11.9 Å². The summed E-state index contributed by atoms with van der Waals surface area (Å²) in [5.74, 6) is -0.758. The van der Waals surface area contributed by atoms with Crippen molar-refractivity contribution in [3.05, 3.63) is 24.3 Å². The lowest BCUT2D eigenvalue weighted by atomic mass is 9.84. The maximum absolute atomic E-state index is 11.5. The number of ether oxygens (including phenoxy) is 1. The normalized spacial score (nSPS) is 22.6. The van der Waals surface area contributed by atoms with Gasteiger partial charge < -0.3 is 4.74 Å². The SMILES string of the molecule is C/C=C/CCC(C/C=C/C)C1CC(=O)OC1=O. The van der Waals surface area contributed by atoms with Crippen molar-refractivity contribution in [3.8, 4) is 0 Å². The molecule has 3 nitrogen and oxygen atoms in total. The van der Waals surface area contributed by atoms with E-state index in [0.717, 1.165) is 19.3 Å². The first kappa shape index (κ1) is 13.7. The van der Waals surface area contributed by atoms with Crippen LogP contribution in [0.3, 0.4) is 0 Å². The summed E-state index contributed by atoms with van der Waals surface area (Å²) >= 11 is 0. The Balaban J connectivity index is 2.61. The van der Waals surface area contributed by atoms with Crippen molar-refractivity contribution in [1.82, 2.24) is 0 Å². The molecule has 17 heavy (non-hydrogen) atoms. The van der Waals surface area contributed by atoms with E-state index in [9.17, 15) is 9.59 Å². The van der Waals surface area contributed by atoms with E-state index in [1.54, 1.807) is 0 Å². The predicted octanol–water partition coefficient (Wildman–Crippen LogP) is 3.01. The van der Waals surface area contributed by atoms with E-state index in [0.29, 0.717) is 0 Å². The standard InChI is InChI=1S/C14H20O3/c1-3-5-7-9-11(8-6-4-2)12-10-13(15)17-14(12)16/h3-6,11-12H,7-10H2,1-2H3/b5-3+,6-4+. The molecule has 0 spiro atoms. The molecule has 0 aromatic carbocycles. The Morgan fingerprint density at radius 1 is 1.29 bits per heavy atom. The van der Waals surface area contributed by atoms with Gasteiger partial charge in [-0.2, -0.15) is 0 Å². The van der Waals surface area contributed by atoms with Crippen molar-refractivity contribution in [1.29, 1.82) is 0 Å². The van der Waals surface area contributed by atoms with Crippen LogP contribution in [0.4, 0.5) is 0 Å². The van der Waals surface area contributed by atoms with Gasteiger partial charge in [-0.3, -0.25) is 9.59 Å². The van der Waals surface area contributed by atoms with E-state index >= 15 is 0 Å². The molecular formula is C14H20O3. The Bertz CT molecular complexity index is 328. The van der Waals surface area contributed by atoms with Gasteiger partial charge in [0, 0.05) is 0 Å². The average Bonchev–Trinajstić information content (AvgIpc) is 2.63. The lowest BCUT2D eigenvalue weighted by Gasteiger charge is -2.17. The topological polar surface area (TPSA) is 43.4 Å². The van der Waals surface area contributed by atoms with E-state index in [1.165, 1.54) is 0 Å². The minimum Gasteiger partial charge on any atom is -0.393 e. The van der Waals surface area contributed by atoms with Gasteiger partial charge in [0.15, 0.2) is 0 Å². The molecule has 1 saturated heterocycles. The third kappa shape index (κ3) is 4.17. The molecule has 2 unspecified atom stereocenters. The molecule has 0 saturated carbocycles. The smallest absolute Gasteiger partial charge is 0.317 e. The zero-order chi connectivity index (χ0) is 12.7. The third-order valence-corrected chi connectivity index (χ3v) is 3.09. The molecule has 0 aromatic rings. The van der Waals surface area contributed by atoms with Gasteiger partial charge in [-0.25, -0.2) is 0 Å². The van der Waals surface area contributed by atoms with Crippen LogP contribution in [-0.2, 0) is 14.3 Å². The van der Waals surface area contributed by atoms with Crippen molar-refractivity contribution < 1.29 is 14.3 Å². The maximum atomic E-state index is 11.5. The van der Waals surface area contributed by atoms with Crippen molar-refractivity contribution in [3.63, 3.8) is 0 Å². The number of esters is 2. The summed E-state index contributed by atoms with van der Waals surface area (Å²) in [6.07, 6.45) is 11.1. The second kappa shape index (κ2) is 7.05. The number of hydrogen-bond acceptors (Lipinski definition) is 3. The highest BCUT2D eigenvalue weighted by Gasteiger charge is 2.38. The molecule has 0 N–H and O–H groups in total. The molecule has 1 heterocycles. The molecule has 94 valence electrons. The van der Waals surface area contributed by atoms with Crippen LogP contribution >= 0.6 is 0 Å². The summed E-state index contributed by atoms with van der Waals surface area (Å²) in [7, 11) is 0. The van der Waals surface area contributed by atoms with Crippen LogP contribution in [0.2, 0.25) is 0 Å². The lowest BCUT2D eigenvalue weighted by Crippen LogP contribution is -2.19. The number of carbonyl (C=O) groups is 2. The van der Waals surface area contributed by atoms with Gasteiger partial charge in [0.2, 0.25) is 0 Å². The molecule has 0 radical (unpaired) electrons. The van der Waals surface area contributed by atoms with Gasteiger partial charge in [-0.15, -0.1) is 0 Å². The highest BCUT2D eigenvalue weighted by atomic mass is 16.6. The summed E-state index contributed by atoms with van der Waals surface area (Å²) in [4.78, 5) is 22.6. The highest BCUT2D eigenvalue weighted by Crippen LogP contribution is 2.30. The van der Waals surface area contributed by atoms with Gasteiger partial charge in [0.1, 0.15) is 0 Å². The van der Waals surface area contributed by atoms with Gasteiger partial charge in [0.25, 0.3) is 0 Å². The van der Waals surface area contributed by atoms with Crippen LogP contribution in [0, 0.1) is 11.8 Å². The predicted molar refractivity (Wildman–Crippen MR) is 66.2 cm³/mol. The van der Waals surface area contributed by atoms with Crippen molar-refractivity contribution in [2.75, 3.05) is 0 Å². The minimum atomic E-state index is -0.378. The van der Waals surface area contributed by atoms with Crippen LogP contribution in [0.1, 0.15) is 39.5 Å². The molecule has 1 aliphatic heterocycles. The zero-order valence-corrected chi connectivity index (χ0v) is 10.5. The first-order chi connectivity index (χ1) is 8.19. The summed E-state index contributed by atoms with van der Waals surface area (Å²) in [6, 6.07) is 0. The fraction of sp³-hybridized carbons (Fsp3) is 0.571.